The summed E-state index contributed by atoms with van der Waals surface area (Å²) >= 11 is 0. The second-order valence-electron chi connectivity index (χ2n) is 10.7. The molecule has 0 radical (unpaired) electrons. The molecule has 2 heteroatoms. The summed E-state index contributed by atoms with van der Waals surface area (Å²) < 4.78 is 106. The number of aromatic nitrogens is 2. The Morgan fingerprint density at radius 2 is 1.13 bits per heavy atom. The van der Waals surface area contributed by atoms with Gasteiger partial charge in [-0.25, -0.2) is 4.98 Å². The van der Waals surface area contributed by atoms with Crippen LogP contribution in [0.2, 0.25) is 0 Å². The largest absolute Gasteiger partial charge is 0.292 e. The molecule has 1 heterocycles. The first-order chi connectivity index (χ1) is 27.3. The number of hydrogen-bond acceptors (Lipinski definition) is 1. The van der Waals surface area contributed by atoms with Crippen molar-refractivity contribution < 1.29 is 16.4 Å². The molecule has 0 saturated heterocycles. The third-order valence-corrected chi connectivity index (χ3v) is 8.17. The zero-order chi connectivity index (χ0) is 40.2. The number of hydrogen-bond donors (Lipinski definition) is 0. The van der Waals surface area contributed by atoms with E-state index in [4.69, 9.17) is 20.1 Å². The Bertz CT molecular complexity index is 3130. The van der Waals surface area contributed by atoms with E-state index in [2.05, 4.69) is 0 Å². The van der Waals surface area contributed by atoms with Crippen LogP contribution in [0.25, 0.3) is 82.7 Å². The van der Waals surface area contributed by atoms with Crippen molar-refractivity contribution in [1.29, 1.82) is 0 Å². The van der Waals surface area contributed by atoms with Gasteiger partial charge in [0.05, 0.1) is 27.5 Å². The smallest absolute Gasteiger partial charge is 0.145 e. The molecule has 0 bridgehead atoms. The van der Waals surface area contributed by atoms with Crippen LogP contribution in [0.3, 0.4) is 0 Å². The Balaban J connectivity index is 1.38. The lowest BCUT2D eigenvalue weighted by atomic mass is 9.84. The number of rotatable bonds is 4. The molecule has 0 fully saturated rings. The quantitative estimate of drug-likeness (QED) is 0.188. The molecule has 0 amide bonds. The van der Waals surface area contributed by atoms with Crippen molar-refractivity contribution in [2.75, 3.05) is 0 Å². The van der Waals surface area contributed by atoms with Crippen molar-refractivity contribution in [3.63, 3.8) is 0 Å². The van der Waals surface area contributed by atoms with Gasteiger partial charge >= 0.3 is 0 Å². The van der Waals surface area contributed by atoms with Crippen molar-refractivity contribution in [1.82, 2.24) is 9.55 Å². The molecule has 9 rings (SSSR count). The summed E-state index contributed by atoms with van der Waals surface area (Å²) in [6.07, 6.45) is 0. The maximum atomic E-state index is 9.22. The van der Waals surface area contributed by atoms with Gasteiger partial charge in [-0.2, -0.15) is 0 Å². The zero-order valence-corrected chi connectivity index (χ0v) is 23.6. The summed E-state index contributed by atoms with van der Waals surface area (Å²) in [5.41, 5.74) is 4.00. The maximum Gasteiger partial charge on any atom is 0.145 e. The van der Waals surface area contributed by atoms with Crippen LogP contribution in [-0.4, -0.2) is 9.55 Å². The molecule has 2 nitrogen and oxygen atoms in total. The molecule has 0 unspecified atom stereocenters. The molecule has 0 atom stereocenters. The van der Waals surface area contributed by atoms with E-state index in [9.17, 15) is 1.37 Å². The van der Waals surface area contributed by atoms with E-state index < -0.39 is 54.4 Å². The predicted octanol–water partition coefficient (Wildman–Crippen LogP) is 11.5. The van der Waals surface area contributed by atoms with Gasteiger partial charge in [0.25, 0.3) is 0 Å². The van der Waals surface area contributed by atoms with Gasteiger partial charge in [0.1, 0.15) is 5.82 Å². The lowest BCUT2D eigenvalue weighted by molar-refractivity contribution is 1.10. The van der Waals surface area contributed by atoms with E-state index in [0.717, 1.165) is 21.9 Å². The molecule has 9 aromatic rings. The van der Waals surface area contributed by atoms with Crippen molar-refractivity contribution in [2.45, 2.75) is 0 Å². The monoisotopic (exact) mass is 584 g/mol. The summed E-state index contributed by atoms with van der Waals surface area (Å²) in [5.74, 6) is 0.180. The molecular formula is C43H28N2. The summed E-state index contributed by atoms with van der Waals surface area (Å²) in [4.78, 5) is 4.81. The predicted molar refractivity (Wildman–Crippen MR) is 190 cm³/mol. The standard InChI is InChI=1S/C43H28N2/c1-2-15-30(16-3-1)43-44-39-26-10-11-27-40(39)45(43)32-19-12-18-31(28-32)41-35-21-6-8-23-37(35)42(38-24-9-7-22-36(38)41)34-25-13-17-29-14-4-5-20-33(29)34/h1-28H/i1D,2D,3D,4D,5D,13D,14D,15D,16D,17D,20D,25D. The van der Waals surface area contributed by atoms with E-state index in [1.165, 1.54) is 0 Å². The molecule has 0 N–H and O–H groups in total. The number of nitrogens with zero attached hydrogens (tertiary/aromatic N) is 2. The lowest BCUT2D eigenvalue weighted by Crippen LogP contribution is -1.98. The van der Waals surface area contributed by atoms with Crippen LogP contribution >= 0.6 is 0 Å². The van der Waals surface area contributed by atoms with Gasteiger partial charge in [-0.1, -0.05) is 145 Å². The van der Waals surface area contributed by atoms with Crippen LogP contribution < -0.4 is 0 Å². The topological polar surface area (TPSA) is 17.8 Å². The van der Waals surface area contributed by atoms with E-state index >= 15 is 0 Å². The van der Waals surface area contributed by atoms with Gasteiger partial charge in [-0.15, -0.1) is 0 Å². The van der Waals surface area contributed by atoms with E-state index in [0.29, 0.717) is 33.1 Å². The third kappa shape index (κ3) is 4.07. The summed E-state index contributed by atoms with van der Waals surface area (Å²) in [6.45, 7) is 0. The zero-order valence-electron chi connectivity index (χ0n) is 35.6. The van der Waals surface area contributed by atoms with Gasteiger partial charge in [0.15, 0.2) is 0 Å². The Kier molecular flexibility index (Phi) is 3.71. The molecule has 0 aliphatic carbocycles. The average molecular weight is 585 g/mol. The second-order valence-corrected chi connectivity index (χ2v) is 10.7. The molecule has 210 valence electrons. The normalized spacial score (nSPS) is 15.3. The first-order valence-electron chi connectivity index (χ1n) is 20.4. The minimum absolute atomic E-state index is 0.00390. The number of imidazole rings is 1. The summed E-state index contributed by atoms with van der Waals surface area (Å²) in [7, 11) is 0. The third-order valence-electron chi connectivity index (χ3n) is 8.17. The summed E-state index contributed by atoms with van der Waals surface area (Å²) in [6, 6.07) is 24.7. The lowest BCUT2D eigenvalue weighted by Gasteiger charge is -2.19. The van der Waals surface area contributed by atoms with Crippen LogP contribution in [0.5, 0.6) is 0 Å². The number of benzene rings is 8. The fourth-order valence-corrected chi connectivity index (χ4v) is 6.33. The van der Waals surface area contributed by atoms with Crippen molar-refractivity contribution >= 4 is 43.4 Å². The van der Waals surface area contributed by atoms with Gasteiger partial charge in [-0.05, 0) is 78.8 Å². The second kappa shape index (κ2) is 10.3. The fraction of sp³-hybridized carbons (Fsp3) is 0. The maximum absolute atomic E-state index is 9.22. The molecule has 8 aromatic carbocycles. The first kappa shape index (κ1) is 16.2. The van der Waals surface area contributed by atoms with Crippen LogP contribution in [0.4, 0.5) is 0 Å². The van der Waals surface area contributed by atoms with Crippen LogP contribution in [0.15, 0.2) is 170 Å². The molecule has 1 aromatic heterocycles. The van der Waals surface area contributed by atoms with Crippen LogP contribution in [-0.2, 0) is 0 Å². The van der Waals surface area contributed by atoms with E-state index in [-0.39, 0.29) is 45.9 Å². The molecule has 0 spiro atoms. The van der Waals surface area contributed by atoms with Crippen LogP contribution in [0.1, 0.15) is 16.4 Å². The van der Waals surface area contributed by atoms with Crippen molar-refractivity contribution in [3.8, 4) is 39.3 Å². The Hall–Kier alpha value is -5.99. The Labute approximate surface area is 278 Å². The molecule has 0 saturated carbocycles. The molecule has 0 aliphatic rings. The van der Waals surface area contributed by atoms with Crippen LogP contribution in [0, 0.1) is 0 Å². The van der Waals surface area contributed by atoms with E-state index in [1.54, 1.807) is 10.6 Å². The SMILES string of the molecule is [2H]c1c([2H])c([2H])c(-c2nc3ccccc3n2-c2cccc(-c3c4ccccc4c(-c4c([2H])c([2H])c([2H])c5c([2H])c([2H])c([2H])c([2H])c45)c4ccccc34)c2)c([2H])c1[2H]. The molecule has 0 aliphatic heterocycles. The van der Waals surface area contributed by atoms with Crippen molar-refractivity contribution in [3.05, 3.63) is 170 Å². The highest BCUT2D eigenvalue weighted by Gasteiger charge is 2.19. The first-order valence-corrected chi connectivity index (χ1v) is 14.4. The minimum atomic E-state index is -0.519. The fourth-order valence-electron chi connectivity index (χ4n) is 6.33. The highest BCUT2D eigenvalue weighted by molar-refractivity contribution is 6.23. The van der Waals surface area contributed by atoms with Gasteiger partial charge < -0.3 is 0 Å². The molecule has 45 heavy (non-hydrogen) atoms. The molecular weight excluding hydrogens is 544 g/mol. The highest BCUT2D eigenvalue weighted by atomic mass is 15.1. The summed E-state index contributed by atoms with van der Waals surface area (Å²) in [5, 5.41) is 2.69. The number of fused-ring (bicyclic) bond motifs is 4. The van der Waals surface area contributed by atoms with Gasteiger partial charge in [0.2, 0.25) is 0 Å². The Morgan fingerprint density at radius 3 is 1.91 bits per heavy atom. The van der Waals surface area contributed by atoms with Gasteiger partial charge in [0, 0.05) is 11.3 Å². The number of para-hydroxylation sites is 2. The Morgan fingerprint density at radius 1 is 0.489 bits per heavy atom. The van der Waals surface area contributed by atoms with E-state index in [1.807, 2.05) is 91.0 Å². The van der Waals surface area contributed by atoms with Crippen molar-refractivity contribution in [2.24, 2.45) is 0 Å². The van der Waals surface area contributed by atoms with Gasteiger partial charge in [-0.3, -0.25) is 4.57 Å². The minimum Gasteiger partial charge on any atom is -0.292 e. The highest BCUT2D eigenvalue weighted by Crippen LogP contribution is 2.45. The average Bonchev–Trinajstić information content (AvgIpc) is 3.61.